The average Bonchev–Trinajstić information content (AvgIpc) is 3.60. The number of allylic oxidation sites excluding steroid dienone is 1. The lowest BCUT2D eigenvalue weighted by Crippen LogP contribution is -2.33. The van der Waals surface area contributed by atoms with Crippen molar-refractivity contribution in [2.75, 3.05) is 31.5 Å². The van der Waals surface area contributed by atoms with Crippen LogP contribution in [-0.2, 0) is 0 Å². The molecule has 2 aliphatic rings. The van der Waals surface area contributed by atoms with Gasteiger partial charge in [-0.05, 0) is 79.4 Å². The number of benzene rings is 2. The average molecular weight is 451 g/mol. The summed E-state index contributed by atoms with van der Waals surface area (Å²) >= 11 is 0. The van der Waals surface area contributed by atoms with E-state index in [0.717, 1.165) is 52.2 Å². The lowest BCUT2D eigenvalue weighted by Gasteiger charge is -2.28. The molecule has 0 unspecified atom stereocenters. The first-order valence-electron chi connectivity index (χ1n) is 12.1. The first-order chi connectivity index (χ1) is 16.7. The summed E-state index contributed by atoms with van der Waals surface area (Å²) in [5, 5.41) is 13.3. The minimum Gasteiger partial charge on any atom is -0.361 e. The number of fused-ring (bicyclic) bond motifs is 2. The van der Waals surface area contributed by atoms with E-state index in [-0.39, 0.29) is 0 Å². The molecule has 2 aromatic heterocycles. The van der Waals surface area contributed by atoms with Crippen LogP contribution in [0.3, 0.4) is 0 Å². The molecule has 34 heavy (non-hydrogen) atoms. The Morgan fingerprint density at radius 3 is 2.85 bits per heavy atom. The van der Waals surface area contributed by atoms with Crippen LogP contribution in [0.2, 0.25) is 0 Å². The number of likely N-dealkylation sites (tertiary alicyclic amines) is 1. The molecule has 4 heterocycles. The smallest absolute Gasteiger partial charge is 0.0852 e. The Hall–Kier alpha value is -3.64. The van der Waals surface area contributed by atoms with E-state index in [1.165, 1.54) is 54.4 Å². The summed E-state index contributed by atoms with van der Waals surface area (Å²) in [6.07, 6.45) is 7.78. The Kier molecular flexibility index (Phi) is 5.30. The van der Waals surface area contributed by atoms with E-state index in [1.54, 1.807) is 0 Å². The monoisotopic (exact) mass is 450 g/mol. The number of aromatic nitrogens is 3. The van der Waals surface area contributed by atoms with Gasteiger partial charge < -0.3 is 10.3 Å². The van der Waals surface area contributed by atoms with E-state index in [9.17, 15) is 0 Å². The van der Waals surface area contributed by atoms with Gasteiger partial charge in [-0.15, -0.1) is 0 Å². The molecular formula is C28H30N6. The number of hydrogen-bond acceptors (Lipinski definition) is 4. The second-order valence-electron chi connectivity index (χ2n) is 9.46. The van der Waals surface area contributed by atoms with E-state index in [1.807, 2.05) is 12.4 Å². The van der Waals surface area contributed by atoms with Crippen molar-refractivity contribution in [3.8, 4) is 11.1 Å². The quantitative estimate of drug-likeness (QED) is 0.343. The molecule has 2 aliphatic heterocycles. The van der Waals surface area contributed by atoms with E-state index >= 15 is 0 Å². The van der Waals surface area contributed by atoms with Crippen molar-refractivity contribution in [1.29, 1.82) is 0 Å². The molecule has 4 aromatic rings. The van der Waals surface area contributed by atoms with Crippen molar-refractivity contribution in [2.24, 2.45) is 4.99 Å². The molecule has 0 radical (unpaired) electrons. The van der Waals surface area contributed by atoms with Gasteiger partial charge in [-0.1, -0.05) is 25.1 Å². The van der Waals surface area contributed by atoms with Gasteiger partial charge in [0.1, 0.15) is 0 Å². The summed E-state index contributed by atoms with van der Waals surface area (Å²) in [6, 6.07) is 12.8. The molecule has 0 spiro atoms. The fourth-order valence-corrected chi connectivity index (χ4v) is 5.29. The van der Waals surface area contributed by atoms with Crippen LogP contribution in [-0.4, -0.2) is 52.0 Å². The maximum atomic E-state index is 4.87. The molecule has 0 bridgehead atoms. The van der Waals surface area contributed by atoms with Crippen LogP contribution in [0.4, 0.5) is 5.69 Å². The Balaban J connectivity index is 1.32. The summed E-state index contributed by atoms with van der Waals surface area (Å²) < 4.78 is 0. The SMILES string of the molecule is C=C(Nc1cc(-c2cccc3[nH]ccc23)cc2[nH]ncc12)C1=NCC(C)=C1CN1CCCCC1. The number of H-pyrrole nitrogens is 2. The maximum absolute atomic E-state index is 4.87. The van der Waals surface area contributed by atoms with Gasteiger partial charge in [-0.3, -0.25) is 15.0 Å². The molecule has 6 nitrogen and oxygen atoms in total. The first kappa shape index (κ1) is 20.9. The Morgan fingerprint density at radius 2 is 1.97 bits per heavy atom. The molecule has 1 fully saturated rings. The molecule has 1 saturated heterocycles. The van der Waals surface area contributed by atoms with Crippen LogP contribution < -0.4 is 5.32 Å². The van der Waals surface area contributed by atoms with Gasteiger partial charge in [0.2, 0.25) is 0 Å². The second-order valence-corrected chi connectivity index (χ2v) is 9.46. The topological polar surface area (TPSA) is 72.1 Å². The second kappa shape index (κ2) is 8.61. The molecular weight excluding hydrogens is 420 g/mol. The third-order valence-electron chi connectivity index (χ3n) is 7.14. The molecule has 3 N–H and O–H groups in total. The number of rotatable bonds is 6. The number of nitrogens with zero attached hydrogens (tertiary/aromatic N) is 3. The van der Waals surface area contributed by atoms with Crippen LogP contribution in [0.1, 0.15) is 26.2 Å². The van der Waals surface area contributed by atoms with Gasteiger partial charge in [0.15, 0.2) is 0 Å². The number of nitrogens with one attached hydrogen (secondary N) is 3. The third kappa shape index (κ3) is 3.74. The Labute approximate surface area is 199 Å². The standard InChI is InChI=1S/C28H30N6/c1-18-15-30-28(24(18)17-34-11-4-3-5-12-34)19(2)32-26-13-20(14-27-23(26)16-31-33-27)21-7-6-8-25-22(21)9-10-29-25/h6-10,13-14,16,29,32H,2-5,11-12,15,17H2,1H3,(H,31,33). The highest BCUT2D eigenvalue weighted by molar-refractivity contribution is 6.16. The van der Waals surface area contributed by atoms with E-state index in [4.69, 9.17) is 4.99 Å². The zero-order valence-electron chi connectivity index (χ0n) is 19.6. The predicted octanol–water partition coefficient (Wildman–Crippen LogP) is 5.89. The fourth-order valence-electron chi connectivity index (χ4n) is 5.29. The maximum Gasteiger partial charge on any atom is 0.0852 e. The highest BCUT2D eigenvalue weighted by Crippen LogP contribution is 2.35. The number of anilines is 1. The molecule has 0 atom stereocenters. The van der Waals surface area contributed by atoms with Gasteiger partial charge in [0.05, 0.1) is 35.4 Å². The molecule has 0 saturated carbocycles. The van der Waals surface area contributed by atoms with Crippen molar-refractivity contribution in [3.05, 3.63) is 72.2 Å². The number of hydrogen-bond donors (Lipinski definition) is 3. The summed E-state index contributed by atoms with van der Waals surface area (Å²) in [7, 11) is 0. The summed E-state index contributed by atoms with van der Waals surface area (Å²) in [4.78, 5) is 10.7. The summed E-state index contributed by atoms with van der Waals surface area (Å²) in [6.45, 7) is 10.7. The van der Waals surface area contributed by atoms with Gasteiger partial charge in [0.25, 0.3) is 0 Å². The summed E-state index contributed by atoms with van der Waals surface area (Å²) in [5.74, 6) is 0. The van der Waals surface area contributed by atoms with E-state index in [0.29, 0.717) is 0 Å². The normalized spacial score (nSPS) is 17.0. The van der Waals surface area contributed by atoms with Crippen molar-refractivity contribution in [1.82, 2.24) is 20.1 Å². The van der Waals surface area contributed by atoms with Crippen molar-refractivity contribution in [3.63, 3.8) is 0 Å². The first-order valence-corrected chi connectivity index (χ1v) is 12.1. The number of aromatic amines is 2. The van der Waals surface area contributed by atoms with Gasteiger partial charge in [0, 0.05) is 29.0 Å². The zero-order chi connectivity index (χ0) is 23.1. The summed E-state index contributed by atoms with van der Waals surface area (Å²) in [5.41, 5.74) is 9.97. The molecule has 6 rings (SSSR count). The van der Waals surface area contributed by atoms with Gasteiger partial charge >= 0.3 is 0 Å². The van der Waals surface area contributed by atoms with Crippen molar-refractivity contribution in [2.45, 2.75) is 26.2 Å². The lowest BCUT2D eigenvalue weighted by molar-refractivity contribution is 0.249. The molecule has 172 valence electrons. The fraction of sp³-hybridized carbons (Fsp3) is 0.286. The molecule has 2 aromatic carbocycles. The van der Waals surface area contributed by atoms with Gasteiger partial charge in [-0.25, -0.2) is 0 Å². The highest BCUT2D eigenvalue weighted by atomic mass is 15.1. The Morgan fingerprint density at radius 1 is 1.09 bits per heavy atom. The van der Waals surface area contributed by atoms with Crippen LogP contribution in [0.5, 0.6) is 0 Å². The van der Waals surface area contributed by atoms with Crippen molar-refractivity contribution < 1.29 is 0 Å². The molecule has 0 aliphatic carbocycles. The number of aliphatic imine (C=N–C) groups is 1. The number of piperidine rings is 1. The largest absolute Gasteiger partial charge is 0.361 e. The minimum absolute atomic E-state index is 0.760. The van der Waals surface area contributed by atoms with Crippen LogP contribution >= 0.6 is 0 Å². The van der Waals surface area contributed by atoms with Crippen LogP contribution in [0, 0.1) is 0 Å². The molecule has 0 amide bonds. The molecule has 6 heteroatoms. The van der Waals surface area contributed by atoms with Gasteiger partial charge in [-0.2, -0.15) is 5.10 Å². The lowest BCUT2D eigenvalue weighted by atomic mass is 9.99. The minimum atomic E-state index is 0.760. The van der Waals surface area contributed by atoms with E-state index in [2.05, 4.69) is 75.3 Å². The predicted molar refractivity (Wildman–Crippen MR) is 141 cm³/mol. The van der Waals surface area contributed by atoms with Crippen LogP contribution in [0.15, 0.2) is 77.2 Å². The Bertz CT molecular complexity index is 1440. The van der Waals surface area contributed by atoms with Crippen LogP contribution in [0.25, 0.3) is 32.9 Å². The third-order valence-corrected chi connectivity index (χ3v) is 7.14. The van der Waals surface area contributed by atoms with Crippen molar-refractivity contribution >= 4 is 33.2 Å². The highest BCUT2D eigenvalue weighted by Gasteiger charge is 2.23. The van der Waals surface area contributed by atoms with E-state index < -0.39 is 0 Å². The zero-order valence-corrected chi connectivity index (χ0v) is 19.6.